The molecule has 6 heteroatoms. The molecule has 32 heavy (non-hydrogen) atoms. The van der Waals surface area contributed by atoms with Crippen LogP contribution in [0.1, 0.15) is 30.0 Å². The van der Waals surface area contributed by atoms with Crippen molar-refractivity contribution in [1.29, 1.82) is 0 Å². The Morgan fingerprint density at radius 1 is 1.00 bits per heavy atom. The lowest BCUT2D eigenvalue weighted by atomic mass is 10.1. The number of methoxy groups -OCH3 is 2. The van der Waals surface area contributed by atoms with Gasteiger partial charge in [-0.25, -0.2) is 4.98 Å². The number of rotatable bonds is 8. The lowest BCUT2D eigenvalue weighted by Gasteiger charge is -2.14. The van der Waals surface area contributed by atoms with E-state index in [-0.39, 0.29) is 11.5 Å². The van der Waals surface area contributed by atoms with Gasteiger partial charge in [0.2, 0.25) is 5.78 Å². The number of pyridine rings is 2. The van der Waals surface area contributed by atoms with E-state index in [9.17, 15) is 4.79 Å². The molecule has 0 radical (unpaired) electrons. The van der Waals surface area contributed by atoms with Crippen LogP contribution in [0.15, 0.2) is 72.5 Å². The van der Waals surface area contributed by atoms with Gasteiger partial charge in [-0.05, 0) is 45.0 Å². The van der Waals surface area contributed by atoms with Crippen LogP contribution in [-0.4, -0.2) is 30.0 Å². The summed E-state index contributed by atoms with van der Waals surface area (Å²) in [4.78, 5) is 21.9. The average molecular weight is 431 g/mol. The molecule has 0 aliphatic carbocycles. The van der Waals surface area contributed by atoms with Gasteiger partial charge in [-0.1, -0.05) is 30.4 Å². The van der Waals surface area contributed by atoms with E-state index in [1.54, 1.807) is 62.9 Å². The highest BCUT2D eigenvalue weighted by molar-refractivity contribution is 6.10. The lowest BCUT2D eigenvalue weighted by molar-refractivity contribution is 0.103. The van der Waals surface area contributed by atoms with Gasteiger partial charge in [0.05, 0.1) is 19.7 Å². The summed E-state index contributed by atoms with van der Waals surface area (Å²) < 4.78 is 16.9. The Labute approximate surface area is 187 Å². The molecule has 0 bridgehead atoms. The maximum Gasteiger partial charge on any atom is 0.214 e. The fourth-order valence-electron chi connectivity index (χ4n) is 3.03. The van der Waals surface area contributed by atoms with Crippen LogP contribution in [0.3, 0.4) is 0 Å². The predicted molar refractivity (Wildman–Crippen MR) is 126 cm³/mol. The molecule has 0 atom stereocenters. The SMILES string of the molecule is C=C(/C=C\C=C(C)C)C(=O)c1nc(C)ccc1Oc1ccnc2cc(OC)c(OC)cc12. The second-order valence-corrected chi connectivity index (χ2v) is 7.39. The van der Waals surface area contributed by atoms with Crippen molar-refractivity contribution >= 4 is 16.7 Å². The quantitative estimate of drug-likeness (QED) is 0.248. The van der Waals surface area contributed by atoms with Gasteiger partial charge in [-0.3, -0.25) is 9.78 Å². The number of allylic oxidation sites excluding steroid dienone is 5. The van der Waals surface area contributed by atoms with Gasteiger partial charge >= 0.3 is 0 Å². The lowest BCUT2D eigenvalue weighted by Crippen LogP contribution is -2.07. The van der Waals surface area contributed by atoms with Gasteiger partial charge < -0.3 is 14.2 Å². The van der Waals surface area contributed by atoms with E-state index in [1.807, 2.05) is 26.8 Å². The minimum absolute atomic E-state index is 0.197. The summed E-state index contributed by atoms with van der Waals surface area (Å²) in [6, 6.07) is 8.82. The van der Waals surface area contributed by atoms with Crippen LogP contribution in [0.5, 0.6) is 23.0 Å². The molecule has 2 heterocycles. The van der Waals surface area contributed by atoms with Crippen molar-refractivity contribution in [3.63, 3.8) is 0 Å². The number of nitrogens with zero attached hydrogens (tertiary/aromatic N) is 2. The number of aromatic nitrogens is 2. The molecule has 6 nitrogen and oxygen atoms in total. The minimum atomic E-state index is -0.306. The normalized spacial score (nSPS) is 10.8. The zero-order valence-corrected chi connectivity index (χ0v) is 18.9. The Morgan fingerprint density at radius 3 is 2.41 bits per heavy atom. The third kappa shape index (κ3) is 5.03. The maximum absolute atomic E-state index is 13.1. The molecule has 3 aromatic rings. The Hall–Kier alpha value is -3.93. The zero-order valence-electron chi connectivity index (χ0n) is 18.9. The predicted octanol–water partition coefficient (Wildman–Crippen LogP) is 6.01. The van der Waals surface area contributed by atoms with Crippen LogP contribution in [0, 0.1) is 6.92 Å². The van der Waals surface area contributed by atoms with Crippen molar-refractivity contribution in [2.75, 3.05) is 14.2 Å². The second kappa shape index (κ2) is 9.92. The Morgan fingerprint density at radius 2 is 1.72 bits per heavy atom. The van der Waals surface area contributed by atoms with Gasteiger partial charge in [0.1, 0.15) is 5.75 Å². The summed E-state index contributed by atoms with van der Waals surface area (Å²) in [7, 11) is 3.13. The number of hydrogen-bond donors (Lipinski definition) is 0. The molecule has 0 aliphatic rings. The molecule has 0 unspecified atom stereocenters. The van der Waals surface area contributed by atoms with E-state index < -0.39 is 0 Å². The van der Waals surface area contributed by atoms with Crippen LogP contribution in [0.25, 0.3) is 10.9 Å². The number of carbonyl (C=O) groups excluding carboxylic acids is 1. The van der Waals surface area contributed by atoms with Crippen LogP contribution in [-0.2, 0) is 0 Å². The zero-order chi connectivity index (χ0) is 23.3. The summed E-state index contributed by atoms with van der Waals surface area (Å²) in [6.07, 6.45) is 7.00. The fourth-order valence-corrected chi connectivity index (χ4v) is 3.03. The third-order valence-corrected chi connectivity index (χ3v) is 4.66. The molecule has 0 saturated carbocycles. The molecule has 164 valence electrons. The largest absolute Gasteiger partial charge is 0.493 e. The monoisotopic (exact) mass is 430 g/mol. The molecular weight excluding hydrogens is 404 g/mol. The van der Waals surface area contributed by atoms with Gasteiger partial charge in [-0.2, -0.15) is 0 Å². The van der Waals surface area contributed by atoms with Crippen LogP contribution >= 0.6 is 0 Å². The van der Waals surface area contributed by atoms with Crippen LogP contribution in [0.4, 0.5) is 0 Å². The summed E-state index contributed by atoms with van der Waals surface area (Å²) in [5.41, 5.74) is 3.00. The molecule has 0 amide bonds. The van der Waals surface area contributed by atoms with Gasteiger partial charge in [-0.15, -0.1) is 0 Å². The van der Waals surface area contributed by atoms with Gasteiger partial charge in [0.25, 0.3) is 0 Å². The van der Waals surface area contributed by atoms with Crippen molar-refractivity contribution < 1.29 is 19.0 Å². The minimum Gasteiger partial charge on any atom is -0.493 e. The smallest absolute Gasteiger partial charge is 0.214 e. The number of hydrogen-bond acceptors (Lipinski definition) is 6. The fraction of sp³-hybridized carbons (Fsp3) is 0.192. The van der Waals surface area contributed by atoms with E-state index in [0.717, 1.165) is 5.57 Å². The highest BCUT2D eigenvalue weighted by atomic mass is 16.5. The van der Waals surface area contributed by atoms with Crippen molar-refractivity contribution in [3.05, 3.63) is 83.9 Å². The number of Topliss-reactive ketones (excluding diaryl/α,β-unsaturated/α-hetero) is 1. The molecule has 0 fully saturated rings. The van der Waals surface area contributed by atoms with Gasteiger partial charge in [0, 0.05) is 28.9 Å². The number of benzene rings is 1. The first-order valence-corrected chi connectivity index (χ1v) is 10.1. The first-order valence-electron chi connectivity index (χ1n) is 10.1. The highest BCUT2D eigenvalue weighted by Crippen LogP contribution is 2.37. The van der Waals surface area contributed by atoms with E-state index >= 15 is 0 Å². The second-order valence-electron chi connectivity index (χ2n) is 7.39. The third-order valence-electron chi connectivity index (χ3n) is 4.66. The molecular formula is C26H26N2O4. The van der Waals surface area contributed by atoms with Crippen molar-refractivity contribution in [1.82, 2.24) is 9.97 Å². The van der Waals surface area contributed by atoms with E-state index in [4.69, 9.17) is 14.2 Å². The Bertz CT molecular complexity index is 1240. The van der Waals surface area contributed by atoms with E-state index in [1.165, 1.54) is 0 Å². The first kappa shape index (κ1) is 22.7. The standard InChI is InChI=1S/C26H26N2O4/c1-16(2)8-7-9-17(3)26(29)25-22(11-10-18(4)28-25)32-21-12-13-27-20-15-24(31-6)23(30-5)14-19(20)21/h7-15H,3H2,1-2,4-6H3/b9-7-. The van der Waals surface area contributed by atoms with E-state index in [2.05, 4.69) is 16.5 Å². The number of ether oxygens (including phenoxy) is 3. The Kier molecular flexibility index (Phi) is 7.05. The molecule has 0 aliphatic heterocycles. The molecule has 0 saturated heterocycles. The van der Waals surface area contributed by atoms with Crippen molar-refractivity contribution in [2.24, 2.45) is 0 Å². The van der Waals surface area contributed by atoms with Gasteiger partial charge in [0.15, 0.2) is 22.9 Å². The summed E-state index contributed by atoms with van der Waals surface area (Å²) >= 11 is 0. The maximum atomic E-state index is 13.1. The summed E-state index contributed by atoms with van der Waals surface area (Å²) in [5, 5.41) is 0.714. The number of aryl methyl sites for hydroxylation is 1. The average Bonchev–Trinajstić information content (AvgIpc) is 2.78. The van der Waals surface area contributed by atoms with Crippen molar-refractivity contribution in [3.8, 4) is 23.0 Å². The molecule has 2 aromatic heterocycles. The molecule has 0 spiro atoms. The summed E-state index contributed by atoms with van der Waals surface area (Å²) in [5.74, 6) is 1.66. The molecule has 1 aromatic carbocycles. The van der Waals surface area contributed by atoms with Crippen molar-refractivity contribution in [2.45, 2.75) is 20.8 Å². The molecule has 0 N–H and O–H groups in total. The first-order chi connectivity index (χ1) is 15.3. The topological polar surface area (TPSA) is 70.5 Å². The van der Waals surface area contributed by atoms with Crippen LogP contribution < -0.4 is 14.2 Å². The highest BCUT2D eigenvalue weighted by Gasteiger charge is 2.19. The number of ketones is 1. The molecule has 3 rings (SSSR count). The Balaban J connectivity index is 2.03. The van der Waals surface area contributed by atoms with E-state index in [0.29, 0.717) is 45.2 Å². The number of fused-ring (bicyclic) bond motifs is 1. The van der Waals surface area contributed by atoms with Crippen LogP contribution in [0.2, 0.25) is 0 Å². The number of carbonyl (C=O) groups is 1. The summed E-state index contributed by atoms with van der Waals surface area (Å²) in [6.45, 7) is 9.67.